The number of imidazole rings is 1. The van der Waals surface area contributed by atoms with Crippen LogP contribution in [0.1, 0.15) is 43.4 Å². The third-order valence-electron chi connectivity index (χ3n) is 5.43. The van der Waals surface area contributed by atoms with Crippen molar-refractivity contribution in [3.8, 4) is 0 Å². The third kappa shape index (κ3) is 4.12. The highest BCUT2D eigenvalue weighted by molar-refractivity contribution is 7.96. The molecule has 0 bridgehead atoms. The van der Waals surface area contributed by atoms with Gasteiger partial charge in [-0.1, -0.05) is 24.4 Å². The van der Waals surface area contributed by atoms with E-state index in [-0.39, 0.29) is 4.91 Å². The van der Waals surface area contributed by atoms with E-state index in [1.165, 1.54) is 5.56 Å². The molecule has 4 rings (SSSR count). The minimum atomic E-state index is -3.54. The highest BCUT2D eigenvalue weighted by atomic mass is 32.2. The molecule has 9 heteroatoms. The number of nitrogens with one attached hydrogen (secondary N) is 1. The molecule has 29 heavy (non-hydrogen) atoms. The first-order valence-electron chi connectivity index (χ1n) is 9.99. The van der Waals surface area contributed by atoms with E-state index in [0.717, 1.165) is 61.8 Å². The van der Waals surface area contributed by atoms with Crippen molar-refractivity contribution in [2.45, 2.75) is 51.5 Å². The van der Waals surface area contributed by atoms with Crippen LogP contribution in [0.25, 0.3) is 11.0 Å². The molecule has 0 unspecified atom stereocenters. The Kier molecular flexibility index (Phi) is 5.80. The third-order valence-corrected chi connectivity index (χ3v) is 7.49. The monoisotopic (exact) mass is 431 g/mol. The van der Waals surface area contributed by atoms with Gasteiger partial charge in [0.1, 0.15) is 5.52 Å². The van der Waals surface area contributed by atoms with Crippen molar-refractivity contribution in [1.82, 2.24) is 19.3 Å². The van der Waals surface area contributed by atoms with Crippen molar-refractivity contribution in [2.75, 3.05) is 12.3 Å². The number of pyridine rings is 1. The molecule has 0 amide bonds. The fraction of sp³-hybridized carbons (Fsp3) is 0.450. The van der Waals surface area contributed by atoms with Gasteiger partial charge in [0.2, 0.25) is 10.0 Å². The van der Waals surface area contributed by atoms with E-state index < -0.39 is 10.0 Å². The number of nitrogens with two attached hydrogens (primary N) is 1. The Morgan fingerprint density at radius 2 is 2.07 bits per heavy atom. The number of fused-ring (bicyclic) bond motifs is 3. The lowest BCUT2D eigenvalue weighted by Gasteiger charge is -2.18. The zero-order chi connectivity index (χ0) is 20.4. The smallest absolute Gasteiger partial charge is 0.241 e. The van der Waals surface area contributed by atoms with Gasteiger partial charge in [0.25, 0.3) is 0 Å². The zero-order valence-electron chi connectivity index (χ0n) is 16.2. The quantitative estimate of drug-likeness (QED) is 0.516. The maximum atomic E-state index is 12.4. The number of sulfonamides is 1. The molecule has 0 saturated heterocycles. The standard InChI is InChI=1S/C20H25N5O2S2/c21-20-18-19(14-7-1-2-8-15(14)24-20)25(13-22-18)12-6-5-11-23-29(26,27)17-10-4-3-9-16(17)28/h3-4,10,13,23H,1-2,5-9,11-12H2,(H2,21,24). The molecule has 7 nitrogen and oxygen atoms in total. The first-order chi connectivity index (χ1) is 14.0. The van der Waals surface area contributed by atoms with Crippen LogP contribution in [-0.2, 0) is 29.4 Å². The molecule has 2 aromatic heterocycles. The van der Waals surface area contributed by atoms with E-state index in [0.29, 0.717) is 23.6 Å². The Labute approximate surface area is 176 Å². The largest absolute Gasteiger partial charge is 0.382 e. The summed E-state index contributed by atoms with van der Waals surface area (Å²) in [6.45, 7) is 1.14. The summed E-state index contributed by atoms with van der Waals surface area (Å²) in [4.78, 5) is 9.69. The fourth-order valence-corrected chi connectivity index (χ4v) is 5.68. The molecule has 2 aliphatic rings. The molecule has 0 saturated carbocycles. The van der Waals surface area contributed by atoms with E-state index >= 15 is 0 Å². The second-order valence-corrected chi connectivity index (χ2v) is 9.68. The Hall–Kier alpha value is -2.10. The SMILES string of the molecule is Nc1nc2c(c3c1ncn3CCCCNS(=O)(=O)C1=CC=CCC1=S)CCCC2. The first-order valence-corrected chi connectivity index (χ1v) is 11.9. The second kappa shape index (κ2) is 8.33. The molecule has 2 heterocycles. The topological polar surface area (TPSA) is 103 Å². The Balaban J connectivity index is 1.39. The summed E-state index contributed by atoms with van der Waals surface area (Å²) in [5.41, 5.74) is 10.4. The molecule has 0 atom stereocenters. The van der Waals surface area contributed by atoms with Crippen molar-refractivity contribution in [3.63, 3.8) is 0 Å². The predicted molar refractivity (Wildman–Crippen MR) is 119 cm³/mol. The fourth-order valence-electron chi connectivity index (χ4n) is 3.98. The highest BCUT2D eigenvalue weighted by Crippen LogP contribution is 2.30. The lowest BCUT2D eigenvalue weighted by molar-refractivity contribution is 0.574. The molecular weight excluding hydrogens is 406 g/mol. The molecule has 2 aliphatic carbocycles. The summed E-state index contributed by atoms with van der Waals surface area (Å²) in [5, 5.41) is 0. The van der Waals surface area contributed by atoms with E-state index in [1.807, 2.05) is 12.4 Å². The number of nitrogens with zero attached hydrogens (tertiary/aromatic N) is 3. The van der Waals surface area contributed by atoms with Gasteiger partial charge in [-0.15, -0.1) is 0 Å². The van der Waals surface area contributed by atoms with Crippen molar-refractivity contribution in [1.29, 1.82) is 0 Å². The average molecular weight is 432 g/mol. The number of nitrogen functional groups attached to an aromatic ring is 1. The molecule has 0 aromatic carbocycles. The lowest BCUT2D eigenvalue weighted by Crippen LogP contribution is -2.29. The van der Waals surface area contributed by atoms with Crippen LogP contribution in [0.4, 0.5) is 5.82 Å². The van der Waals surface area contributed by atoms with Gasteiger partial charge < -0.3 is 10.3 Å². The maximum Gasteiger partial charge on any atom is 0.241 e. The summed E-state index contributed by atoms with van der Waals surface area (Å²) in [5.74, 6) is 0.498. The van der Waals surface area contributed by atoms with Crippen LogP contribution in [0.3, 0.4) is 0 Å². The van der Waals surface area contributed by atoms with Gasteiger partial charge in [0.05, 0.1) is 16.7 Å². The normalized spacial score (nSPS) is 16.8. The van der Waals surface area contributed by atoms with Gasteiger partial charge in [-0.3, -0.25) is 0 Å². The molecule has 0 radical (unpaired) electrons. The molecule has 0 aliphatic heterocycles. The number of allylic oxidation sites excluding steroid dienone is 4. The van der Waals surface area contributed by atoms with Crippen LogP contribution in [-0.4, -0.2) is 34.4 Å². The summed E-state index contributed by atoms with van der Waals surface area (Å²) >= 11 is 5.17. The Morgan fingerprint density at radius 1 is 1.24 bits per heavy atom. The number of anilines is 1. The first kappa shape index (κ1) is 20.2. The molecular formula is C20H25N5O2S2. The second-order valence-electron chi connectivity index (χ2n) is 7.46. The summed E-state index contributed by atoms with van der Waals surface area (Å²) in [6.07, 6.45) is 13.3. The van der Waals surface area contributed by atoms with Crippen LogP contribution in [0.2, 0.25) is 0 Å². The maximum absolute atomic E-state index is 12.4. The number of aryl methyl sites for hydroxylation is 3. The van der Waals surface area contributed by atoms with Crippen LogP contribution in [0.15, 0.2) is 29.5 Å². The van der Waals surface area contributed by atoms with E-state index in [1.54, 1.807) is 12.2 Å². The number of hydrogen-bond donors (Lipinski definition) is 2. The number of rotatable bonds is 7. The van der Waals surface area contributed by atoms with Crippen LogP contribution in [0.5, 0.6) is 0 Å². The van der Waals surface area contributed by atoms with Crippen molar-refractivity contribution in [3.05, 3.63) is 40.7 Å². The molecule has 2 aromatic rings. The van der Waals surface area contributed by atoms with Gasteiger partial charge in [-0.05, 0) is 50.2 Å². The van der Waals surface area contributed by atoms with Gasteiger partial charge in [0.15, 0.2) is 5.82 Å². The van der Waals surface area contributed by atoms with Gasteiger partial charge in [0, 0.05) is 30.1 Å². The molecule has 154 valence electrons. The molecule has 3 N–H and O–H groups in total. The average Bonchev–Trinajstić information content (AvgIpc) is 3.13. The van der Waals surface area contributed by atoms with Gasteiger partial charge in [-0.25, -0.2) is 23.1 Å². The number of hydrogen-bond acceptors (Lipinski definition) is 6. The summed E-state index contributed by atoms with van der Waals surface area (Å²) in [7, 11) is -3.54. The minimum Gasteiger partial charge on any atom is -0.382 e. The molecule has 0 fully saturated rings. The van der Waals surface area contributed by atoms with E-state index in [2.05, 4.69) is 19.3 Å². The van der Waals surface area contributed by atoms with Crippen LogP contribution >= 0.6 is 12.2 Å². The Morgan fingerprint density at radius 3 is 2.90 bits per heavy atom. The number of aromatic nitrogens is 3. The van der Waals surface area contributed by atoms with E-state index in [4.69, 9.17) is 18.0 Å². The Bertz CT molecular complexity index is 1120. The summed E-state index contributed by atoms with van der Waals surface area (Å²) in [6, 6.07) is 0. The zero-order valence-corrected chi connectivity index (χ0v) is 17.9. The number of thiocarbonyl (C=S) groups is 1. The van der Waals surface area contributed by atoms with Crippen LogP contribution < -0.4 is 10.5 Å². The molecule has 0 spiro atoms. The minimum absolute atomic E-state index is 0.213. The van der Waals surface area contributed by atoms with Crippen LogP contribution in [0, 0.1) is 0 Å². The van der Waals surface area contributed by atoms with Gasteiger partial charge in [-0.2, -0.15) is 0 Å². The lowest BCUT2D eigenvalue weighted by atomic mass is 9.95. The van der Waals surface area contributed by atoms with Crippen molar-refractivity contribution < 1.29 is 8.42 Å². The number of unbranched alkanes of at least 4 members (excludes halogenated alkanes) is 1. The van der Waals surface area contributed by atoms with Gasteiger partial charge >= 0.3 is 0 Å². The van der Waals surface area contributed by atoms with Crippen molar-refractivity contribution >= 4 is 44.0 Å². The predicted octanol–water partition coefficient (Wildman–Crippen LogP) is 2.81. The van der Waals surface area contributed by atoms with Crippen molar-refractivity contribution in [2.24, 2.45) is 0 Å². The highest BCUT2D eigenvalue weighted by Gasteiger charge is 2.22. The summed E-state index contributed by atoms with van der Waals surface area (Å²) < 4.78 is 29.6. The van der Waals surface area contributed by atoms with E-state index in [9.17, 15) is 8.42 Å².